The van der Waals surface area contributed by atoms with Gasteiger partial charge in [0.05, 0.1) is 18.5 Å². The second kappa shape index (κ2) is 8.50. The van der Waals surface area contributed by atoms with Crippen LogP contribution in [0.1, 0.15) is 12.5 Å². The monoisotopic (exact) mass is 379 g/mol. The lowest BCUT2D eigenvalue weighted by molar-refractivity contribution is -0.120. The van der Waals surface area contributed by atoms with E-state index in [2.05, 4.69) is 20.4 Å². The number of aromatic nitrogens is 3. The van der Waals surface area contributed by atoms with Crippen LogP contribution in [0.5, 0.6) is 0 Å². The number of amides is 1. The minimum Gasteiger partial charge on any atom is -0.378 e. The van der Waals surface area contributed by atoms with Crippen molar-refractivity contribution in [1.82, 2.24) is 20.1 Å². The molecule has 1 atom stereocenters. The summed E-state index contributed by atoms with van der Waals surface area (Å²) in [5, 5.41) is 11.5. The SMILES string of the molecule is CC(Sc1nnc(N2CCOCC2)n1C)C(=O)NCc1ccccc1F. The lowest BCUT2D eigenvalue weighted by Gasteiger charge is -2.27. The average Bonchev–Trinajstić information content (AvgIpc) is 3.02. The van der Waals surface area contributed by atoms with Crippen LogP contribution in [0.25, 0.3) is 0 Å². The van der Waals surface area contributed by atoms with Crippen LogP contribution in [0.15, 0.2) is 29.4 Å². The van der Waals surface area contributed by atoms with Gasteiger partial charge in [0.2, 0.25) is 11.9 Å². The van der Waals surface area contributed by atoms with E-state index >= 15 is 0 Å². The van der Waals surface area contributed by atoms with Crippen LogP contribution in [-0.2, 0) is 23.1 Å². The summed E-state index contributed by atoms with van der Waals surface area (Å²) >= 11 is 1.33. The van der Waals surface area contributed by atoms with Gasteiger partial charge in [-0.15, -0.1) is 10.2 Å². The molecule has 26 heavy (non-hydrogen) atoms. The van der Waals surface area contributed by atoms with E-state index in [0.29, 0.717) is 23.9 Å². The van der Waals surface area contributed by atoms with Crippen LogP contribution in [0, 0.1) is 5.82 Å². The molecule has 2 heterocycles. The van der Waals surface area contributed by atoms with Gasteiger partial charge in [-0.1, -0.05) is 30.0 Å². The molecule has 1 aliphatic heterocycles. The van der Waals surface area contributed by atoms with E-state index in [0.717, 1.165) is 19.0 Å². The third kappa shape index (κ3) is 4.34. The summed E-state index contributed by atoms with van der Waals surface area (Å²) < 4.78 is 20.9. The summed E-state index contributed by atoms with van der Waals surface area (Å²) in [4.78, 5) is 14.4. The molecule has 9 heteroatoms. The molecule has 0 aliphatic carbocycles. The van der Waals surface area contributed by atoms with E-state index < -0.39 is 0 Å². The van der Waals surface area contributed by atoms with E-state index in [1.165, 1.54) is 17.8 Å². The number of carbonyl (C=O) groups is 1. The van der Waals surface area contributed by atoms with Crippen LogP contribution in [0.2, 0.25) is 0 Å². The molecular formula is C17H22FN5O2S. The van der Waals surface area contributed by atoms with Gasteiger partial charge < -0.3 is 15.0 Å². The smallest absolute Gasteiger partial charge is 0.233 e. The maximum Gasteiger partial charge on any atom is 0.233 e. The zero-order valence-electron chi connectivity index (χ0n) is 14.8. The lowest BCUT2D eigenvalue weighted by atomic mass is 10.2. The first-order valence-corrected chi connectivity index (χ1v) is 9.34. The molecule has 1 saturated heterocycles. The first kappa shape index (κ1) is 18.7. The van der Waals surface area contributed by atoms with E-state index in [-0.39, 0.29) is 23.5 Å². The number of rotatable bonds is 6. The van der Waals surface area contributed by atoms with Crippen molar-refractivity contribution in [2.24, 2.45) is 7.05 Å². The van der Waals surface area contributed by atoms with Crippen molar-refractivity contribution >= 4 is 23.6 Å². The van der Waals surface area contributed by atoms with E-state index in [1.807, 2.05) is 11.6 Å². The van der Waals surface area contributed by atoms with Crippen LogP contribution in [-0.4, -0.2) is 52.2 Å². The third-order valence-electron chi connectivity index (χ3n) is 4.17. The molecule has 1 fully saturated rings. The van der Waals surface area contributed by atoms with Crippen LogP contribution < -0.4 is 10.2 Å². The van der Waals surface area contributed by atoms with E-state index in [9.17, 15) is 9.18 Å². The van der Waals surface area contributed by atoms with Gasteiger partial charge in [0, 0.05) is 32.2 Å². The molecule has 1 amide bonds. The first-order valence-electron chi connectivity index (χ1n) is 8.46. The van der Waals surface area contributed by atoms with Crippen molar-refractivity contribution in [2.45, 2.75) is 23.9 Å². The third-order valence-corrected chi connectivity index (χ3v) is 5.30. The summed E-state index contributed by atoms with van der Waals surface area (Å²) in [5.74, 6) is 0.278. The highest BCUT2D eigenvalue weighted by Crippen LogP contribution is 2.25. The van der Waals surface area contributed by atoms with E-state index in [1.54, 1.807) is 25.1 Å². The minimum atomic E-state index is -0.373. The number of nitrogens with zero attached hydrogens (tertiary/aromatic N) is 4. The number of benzene rings is 1. The molecular weight excluding hydrogens is 357 g/mol. The molecule has 1 unspecified atom stereocenters. The Morgan fingerprint density at radius 2 is 2.08 bits per heavy atom. The Morgan fingerprint density at radius 3 is 2.81 bits per heavy atom. The summed E-state index contributed by atoms with van der Waals surface area (Å²) in [7, 11) is 1.89. The van der Waals surface area contributed by atoms with Crippen molar-refractivity contribution < 1.29 is 13.9 Å². The number of hydrogen-bond acceptors (Lipinski definition) is 6. The molecule has 0 spiro atoms. The number of morpholine rings is 1. The van der Waals surface area contributed by atoms with Gasteiger partial charge in [0.1, 0.15) is 5.82 Å². The molecule has 0 radical (unpaired) electrons. The number of thioether (sulfide) groups is 1. The van der Waals surface area contributed by atoms with E-state index in [4.69, 9.17) is 4.74 Å². The fourth-order valence-electron chi connectivity index (χ4n) is 2.63. The Balaban J connectivity index is 1.57. The number of halogens is 1. The summed E-state index contributed by atoms with van der Waals surface area (Å²) in [6.07, 6.45) is 0. The first-order chi connectivity index (χ1) is 12.6. The molecule has 7 nitrogen and oxygen atoms in total. The van der Waals surface area contributed by atoms with Crippen molar-refractivity contribution in [1.29, 1.82) is 0 Å². The summed E-state index contributed by atoms with van der Waals surface area (Å²) in [5.41, 5.74) is 0.464. The maximum atomic E-state index is 13.6. The predicted molar refractivity (Wildman–Crippen MR) is 97.6 cm³/mol. The van der Waals surface area contributed by atoms with Gasteiger partial charge in [-0.2, -0.15) is 0 Å². The zero-order valence-corrected chi connectivity index (χ0v) is 15.6. The van der Waals surface area contributed by atoms with Gasteiger partial charge >= 0.3 is 0 Å². The minimum absolute atomic E-state index is 0.161. The molecule has 1 N–H and O–H groups in total. The second-order valence-corrected chi connectivity index (χ2v) is 7.32. The summed E-state index contributed by atoms with van der Waals surface area (Å²) in [6.45, 7) is 4.84. The van der Waals surface area contributed by atoms with Crippen LogP contribution in [0.3, 0.4) is 0 Å². The normalized spacial score (nSPS) is 15.7. The molecule has 140 valence electrons. The predicted octanol–water partition coefficient (Wildman–Crippen LogP) is 1.59. The molecule has 1 aromatic heterocycles. The van der Waals surface area contributed by atoms with Gasteiger partial charge in [-0.25, -0.2) is 4.39 Å². The highest BCUT2D eigenvalue weighted by atomic mass is 32.2. The standard InChI is InChI=1S/C17H22FN5O2S/c1-12(15(24)19-11-13-5-3-4-6-14(13)18)26-17-21-20-16(22(17)2)23-7-9-25-10-8-23/h3-6,12H,7-11H2,1-2H3,(H,19,24). The lowest BCUT2D eigenvalue weighted by Crippen LogP contribution is -2.37. The Kier molecular flexibility index (Phi) is 6.10. The fraction of sp³-hybridized carbons (Fsp3) is 0.471. The Hall–Kier alpha value is -2.13. The number of carbonyl (C=O) groups excluding carboxylic acids is 1. The molecule has 1 aliphatic rings. The number of ether oxygens (including phenoxy) is 1. The van der Waals surface area contributed by atoms with Crippen molar-refractivity contribution in [3.63, 3.8) is 0 Å². The molecule has 3 rings (SSSR count). The van der Waals surface area contributed by atoms with Crippen molar-refractivity contribution in [3.05, 3.63) is 35.6 Å². The Morgan fingerprint density at radius 1 is 1.35 bits per heavy atom. The van der Waals surface area contributed by atoms with Crippen LogP contribution >= 0.6 is 11.8 Å². The Bertz CT molecular complexity index is 763. The molecule has 2 aromatic rings. The van der Waals surface area contributed by atoms with Crippen molar-refractivity contribution in [2.75, 3.05) is 31.2 Å². The van der Waals surface area contributed by atoms with Crippen molar-refractivity contribution in [3.8, 4) is 0 Å². The molecule has 0 saturated carbocycles. The number of anilines is 1. The quantitative estimate of drug-likeness (QED) is 0.769. The largest absolute Gasteiger partial charge is 0.378 e. The summed E-state index contributed by atoms with van der Waals surface area (Å²) in [6, 6.07) is 6.41. The number of nitrogens with one attached hydrogen (secondary N) is 1. The highest BCUT2D eigenvalue weighted by Gasteiger charge is 2.22. The van der Waals surface area contributed by atoms with Gasteiger partial charge in [-0.05, 0) is 13.0 Å². The average molecular weight is 379 g/mol. The molecule has 0 bridgehead atoms. The fourth-order valence-corrected chi connectivity index (χ4v) is 3.46. The van der Waals surface area contributed by atoms with Gasteiger partial charge in [-0.3, -0.25) is 9.36 Å². The zero-order chi connectivity index (χ0) is 18.5. The van der Waals surface area contributed by atoms with Gasteiger partial charge in [0.15, 0.2) is 5.16 Å². The molecule has 1 aromatic carbocycles. The van der Waals surface area contributed by atoms with Gasteiger partial charge in [0.25, 0.3) is 0 Å². The number of hydrogen-bond donors (Lipinski definition) is 1. The second-order valence-electron chi connectivity index (χ2n) is 6.01. The topological polar surface area (TPSA) is 72.3 Å². The highest BCUT2D eigenvalue weighted by molar-refractivity contribution is 8.00. The maximum absolute atomic E-state index is 13.6. The Labute approximate surface area is 155 Å². The van der Waals surface area contributed by atoms with Crippen LogP contribution in [0.4, 0.5) is 10.3 Å².